The van der Waals surface area contributed by atoms with E-state index in [1.165, 1.54) is 5.56 Å². The third kappa shape index (κ3) is 4.57. The van der Waals surface area contributed by atoms with E-state index in [0.717, 1.165) is 31.2 Å². The van der Waals surface area contributed by atoms with Crippen molar-refractivity contribution in [3.63, 3.8) is 0 Å². The summed E-state index contributed by atoms with van der Waals surface area (Å²) in [6, 6.07) is 18.6. The molecule has 0 saturated carbocycles. The predicted octanol–water partition coefficient (Wildman–Crippen LogP) is 3.45. The summed E-state index contributed by atoms with van der Waals surface area (Å²) in [5, 5.41) is 4.37. The van der Waals surface area contributed by atoms with Crippen LogP contribution in [0.1, 0.15) is 24.8 Å². The summed E-state index contributed by atoms with van der Waals surface area (Å²) >= 11 is 0. The van der Waals surface area contributed by atoms with Crippen LogP contribution in [-0.4, -0.2) is 22.3 Å². The minimum absolute atomic E-state index is 0.222. The molecule has 120 valence electrons. The average molecular weight is 309 g/mol. The van der Waals surface area contributed by atoms with Gasteiger partial charge in [0.05, 0.1) is 12.1 Å². The molecule has 4 nitrogen and oxygen atoms in total. The van der Waals surface area contributed by atoms with Gasteiger partial charge in [-0.1, -0.05) is 36.4 Å². The highest BCUT2D eigenvalue weighted by molar-refractivity contribution is 5.48. The third-order valence-corrected chi connectivity index (χ3v) is 3.96. The number of hydrogen-bond acceptors (Lipinski definition) is 3. The second kappa shape index (κ2) is 7.79. The number of fused-ring (bicyclic) bond motifs is 1. The number of aryl methyl sites for hydroxylation is 1. The topological polar surface area (TPSA) is 52.5 Å². The van der Waals surface area contributed by atoms with Gasteiger partial charge in [0.2, 0.25) is 5.88 Å². The Balaban J connectivity index is 1.36. The van der Waals surface area contributed by atoms with E-state index >= 15 is 0 Å². The number of pyridine rings is 1. The lowest BCUT2D eigenvalue weighted by Crippen LogP contribution is -2.21. The van der Waals surface area contributed by atoms with Gasteiger partial charge >= 0.3 is 0 Å². The highest BCUT2D eigenvalue weighted by atomic mass is 16.5. The first-order chi connectivity index (χ1) is 11.3. The van der Waals surface area contributed by atoms with E-state index in [0.29, 0.717) is 12.5 Å². The molecule has 3 aromatic rings. The minimum Gasteiger partial charge on any atom is -0.477 e. The summed E-state index contributed by atoms with van der Waals surface area (Å²) in [5.41, 5.74) is 8.58. The fourth-order valence-corrected chi connectivity index (χ4v) is 2.65. The first-order valence-electron chi connectivity index (χ1n) is 8.18. The van der Waals surface area contributed by atoms with Crippen LogP contribution in [0.2, 0.25) is 0 Å². The molecule has 1 aromatic carbocycles. The Labute approximate surface area is 136 Å². The lowest BCUT2D eigenvalue weighted by Gasteiger charge is -2.11. The molecule has 0 bridgehead atoms. The van der Waals surface area contributed by atoms with Crippen LogP contribution in [0.15, 0.2) is 60.8 Å². The van der Waals surface area contributed by atoms with E-state index in [1.807, 2.05) is 41.0 Å². The molecule has 0 spiro atoms. The molecular weight excluding hydrogens is 286 g/mol. The van der Waals surface area contributed by atoms with E-state index in [9.17, 15) is 0 Å². The molecule has 1 unspecified atom stereocenters. The van der Waals surface area contributed by atoms with Crippen molar-refractivity contribution >= 4 is 5.52 Å². The fourth-order valence-electron chi connectivity index (χ4n) is 2.65. The van der Waals surface area contributed by atoms with E-state index in [1.54, 1.807) is 0 Å². The Morgan fingerprint density at radius 1 is 1.04 bits per heavy atom. The van der Waals surface area contributed by atoms with Crippen molar-refractivity contribution in [1.29, 1.82) is 0 Å². The summed E-state index contributed by atoms with van der Waals surface area (Å²) in [5.74, 6) is 0.675. The molecule has 4 heteroatoms. The van der Waals surface area contributed by atoms with Crippen molar-refractivity contribution in [2.45, 2.75) is 31.7 Å². The molecule has 0 aliphatic heterocycles. The molecule has 0 aliphatic carbocycles. The standard InChI is InChI=1S/C19H23N3O/c20-17(12-11-16-7-2-1-3-8-16)9-6-14-23-19-15-18-10-4-5-13-22(18)21-19/h1-5,7-8,10,13,15,17H,6,9,11-12,14,20H2. The van der Waals surface area contributed by atoms with Gasteiger partial charge in [0.15, 0.2) is 0 Å². The second-order valence-electron chi connectivity index (χ2n) is 5.83. The van der Waals surface area contributed by atoms with Gasteiger partial charge in [0.1, 0.15) is 0 Å². The lowest BCUT2D eigenvalue weighted by molar-refractivity contribution is 0.288. The molecule has 2 N–H and O–H groups in total. The monoisotopic (exact) mass is 309 g/mol. The highest BCUT2D eigenvalue weighted by Gasteiger charge is 2.05. The number of nitrogens with zero attached hydrogens (tertiary/aromatic N) is 2. The largest absolute Gasteiger partial charge is 0.477 e. The summed E-state index contributed by atoms with van der Waals surface area (Å²) in [6.45, 7) is 0.656. The van der Waals surface area contributed by atoms with Gasteiger partial charge in [-0.25, -0.2) is 4.52 Å². The number of nitrogens with two attached hydrogens (primary N) is 1. The molecule has 2 aromatic heterocycles. The lowest BCUT2D eigenvalue weighted by atomic mass is 10.0. The van der Waals surface area contributed by atoms with Crippen LogP contribution in [-0.2, 0) is 6.42 Å². The molecule has 23 heavy (non-hydrogen) atoms. The number of hydrogen-bond donors (Lipinski definition) is 1. The highest BCUT2D eigenvalue weighted by Crippen LogP contribution is 2.13. The van der Waals surface area contributed by atoms with Crippen LogP contribution >= 0.6 is 0 Å². The summed E-state index contributed by atoms with van der Waals surface area (Å²) in [6.07, 6.45) is 5.89. The van der Waals surface area contributed by atoms with Crippen LogP contribution in [0.3, 0.4) is 0 Å². The number of ether oxygens (including phenoxy) is 1. The van der Waals surface area contributed by atoms with E-state index in [2.05, 4.69) is 29.4 Å². The van der Waals surface area contributed by atoms with E-state index < -0.39 is 0 Å². The zero-order valence-corrected chi connectivity index (χ0v) is 13.3. The van der Waals surface area contributed by atoms with Crippen molar-refractivity contribution in [3.05, 3.63) is 66.4 Å². The van der Waals surface area contributed by atoms with Crippen molar-refractivity contribution in [2.24, 2.45) is 5.73 Å². The van der Waals surface area contributed by atoms with Crippen LogP contribution in [0.4, 0.5) is 0 Å². The zero-order valence-electron chi connectivity index (χ0n) is 13.3. The molecule has 0 fully saturated rings. The molecule has 0 amide bonds. The Hall–Kier alpha value is -2.33. The zero-order chi connectivity index (χ0) is 15.9. The van der Waals surface area contributed by atoms with Gasteiger partial charge in [-0.05, 0) is 43.4 Å². The number of rotatable bonds is 8. The molecule has 0 radical (unpaired) electrons. The van der Waals surface area contributed by atoms with Crippen molar-refractivity contribution < 1.29 is 4.74 Å². The van der Waals surface area contributed by atoms with Gasteiger partial charge in [-0.3, -0.25) is 0 Å². The Bertz CT molecular complexity index is 691. The maximum Gasteiger partial charge on any atom is 0.233 e. The molecule has 0 aliphatic rings. The van der Waals surface area contributed by atoms with E-state index in [4.69, 9.17) is 10.5 Å². The quantitative estimate of drug-likeness (QED) is 0.648. The summed E-state index contributed by atoms with van der Waals surface area (Å²) in [4.78, 5) is 0. The smallest absolute Gasteiger partial charge is 0.233 e. The van der Waals surface area contributed by atoms with Crippen LogP contribution in [0.25, 0.3) is 5.52 Å². The molecule has 2 heterocycles. The van der Waals surface area contributed by atoms with Gasteiger partial charge in [0.25, 0.3) is 0 Å². The van der Waals surface area contributed by atoms with Gasteiger partial charge < -0.3 is 10.5 Å². The molecular formula is C19H23N3O. The minimum atomic E-state index is 0.222. The number of aromatic nitrogens is 2. The van der Waals surface area contributed by atoms with Crippen LogP contribution < -0.4 is 10.5 Å². The first kappa shape index (κ1) is 15.6. The Kier molecular flexibility index (Phi) is 5.27. The fraction of sp³-hybridized carbons (Fsp3) is 0.316. The maximum absolute atomic E-state index is 6.19. The summed E-state index contributed by atoms with van der Waals surface area (Å²) in [7, 11) is 0. The van der Waals surface area contributed by atoms with Gasteiger partial charge in [-0.2, -0.15) is 0 Å². The van der Waals surface area contributed by atoms with Gasteiger partial charge in [0, 0.05) is 18.3 Å². The molecule has 0 saturated heterocycles. The Morgan fingerprint density at radius 3 is 2.70 bits per heavy atom. The van der Waals surface area contributed by atoms with Crippen LogP contribution in [0.5, 0.6) is 5.88 Å². The average Bonchev–Trinajstić information content (AvgIpc) is 3.00. The normalized spacial score (nSPS) is 12.4. The first-order valence-corrected chi connectivity index (χ1v) is 8.18. The molecule has 3 rings (SSSR count). The van der Waals surface area contributed by atoms with E-state index in [-0.39, 0.29) is 6.04 Å². The van der Waals surface area contributed by atoms with Crippen LogP contribution in [0, 0.1) is 0 Å². The van der Waals surface area contributed by atoms with Crippen molar-refractivity contribution in [2.75, 3.05) is 6.61 Å². The predicted molar refractivity (Wildman–Crippen MR) is 92.7 cm³/mol. The Morgan fingerprint density at radius 2 is 1.87 bits per heavy atom. The van der Waals surface area contributed by atoms with Crippen molar-refractivity contribution in [3.8, 4) is 5.88 Å². The van der Waals surface area contributed by atoms with Crippen molar-refractivity contribution in [1.82, 2.24) is 9.61 Å². The molecule has 1 atom stereocenters. The summed E-state index contributed by atoms with van der Waals surface area (Å²) < 4.78 is 7.54. The SMILES string of the molecule is NC(CCCOc1cc2ccccn2n1)CCc1ccccc1. The second-order valence-corrected chi connectivity index (χ2v) is 5.83. The third-order valence-electron chi connectivity index (χ3n) is 3.96. The van der Waals surface area contributed by atoms with Gasteiger partial charge in [-0.15, -0.1) is 5.10 Å². The number of benzene rings is 1. The maximum atomic E-state index is 6.19.